The number of nitrogens with zero attached hydrogens (tertiary/aromatic N) is 4. The van der Waals surface area contributed by atoms with Crippen LogP contribution in [0.5, 0.6) is 0 Å². The first kappa shape index (κ1) is 21.7. The highest BCUT2D eigenvalue weighted by atomic mass is 127. The van der Waals surface area contributed by atoms with E-state index in [0.717, 1.165) is 57.3 Å². The lowest BCUT2D eigenvalue weighted by molar-refractivity contribution is 0.459. The van der Waals surface area contributed by atoms with Crippen molar-refractivity contribution in [1.82, 2.24) is 20.0 Å². The third-order valence-electron chi connectivity index (χ3n) is 4.93. The first-order valence-corrected chi connectivity index (χ1v) is 9.79. The summed E-state index contributed by atoms with van der Waals surface area (Å²) in [6.07, 6.45) is 8.54. The Labute approximate surface area is 180 Å². The lowest BCUT2D eigenvalue weighted by Crippen LogP contribution is -2.40. The van der Waals surface area contributed by atoms with Gasteiger partial charge >= 0.3 is 0 Å². The Morgan fingerprint density at radius 3 is 2.78 bits per heavy atom. The molecule has 2 heterocycles. The second kappa shape index (κ2) is 11.3. The van der Waals surface area contributed by atoms with Crippen LogP contribution in [0.25, 0.3) is 0 Å². The Morgan fingerprint density at radius 2 is 2.07 bits per heavy atom. The Balaban J connectivity index is 0.00000261. The summed E-state index contributed by atoms with van der Waals surface area (Å²) in [6.45, 7) is 6.12. The fraction of sp³-hybridized carbons (Fsp3) is 0.524. The molecule has 1 atom stereocenters. The van der Waals surface area contributed by atoms with Gasteiger partial charge < -0.3 is 10.2 Å². The molecule has 6 heteroatoms. The first-order chi connectivity index (χ1) is 12.7. The number of nitrogens with one attached hydrogen (secondary N) is 1. The van der Waals surface area contributed by atoms with Gasteiger partial charge in [0.15, 0.2) is 5.96 Å². The standard InChI is InChI=1S/C21H31N5.HI/c1-3-22-21(23-12-7-10-20-15-24-25(2)16-20)26-13-11-19(17-26)14-18-8-5-4-6-9-18;/h4-6,8-9,15-16,19H,3,7,10-14,17H2,1-2H3,(H,22,23);1H. The quantitative estimate of drug-likeness (QED) is 0.285. The zero-order valence-corrected chi connectivity index (χ0v) is 18.8. The zero-order valence-electron chi connectivity index (χ0n) is 16.5. The Morgan fingerprint density at radius 1 is 1.26 bits per heavy atom. The predicted octanol–water partition coefficient (Wildman–Crippen LogP) is 3.50. The zero-order chi connectivity index (χ0) is 18.2. The highest BCUT2D eigenvalue weighted by molar-refractivity contribution is 14.0. The van der Waals surface area contributed by atoms with Crippen molar-refractivity contribution in [2.45, 2.75) is 32.6 Å². The summed E-state index contributed by atoms with van der Waals surface area (Å²) in [5, 5.41) is 7.70. The van der Waals surface area contributed by atoms with Gasteiger partial charge in [0.05, 0.1) is 6.20 Å². The second-order valence-corrected chi connectivity index (χ2v) is 7.15. The van der Waals surface area contributed by atoms with Crippen molar-refractivity contribution >= 4 is 29.9 Å². The molecular formula is C21H32IN5. The molecule has 2 aromatic rings. The van der Waals surface area contributed by atoms with Crippen LogP contribution in [0.2, 0.25) is 0 Å². The van der Waals surface area contributed by atoms with E-state index in [0.29, 0.717) is 0 Å². The van der Waals surface area contributed by atoms with Crippen LogP contribution >= 0.6 is 24.0 Å². The van der Waals surface area contributed by atoms with Crippen molar-refractivity contribution in [2.24, 2.45) is 18.0 Å². The molecule has 27 heavy (non-hydrogen) atoms. The molecule has 0 radical (unpaired) electrons. The smallest absolute Gasteiger partial charge is 0.193 e. The lowest BCUT2D eigenvalue weighted by atomic mass is 9.99. The summed E-state index contributed by atoms with van der Waals surface area (Å²) in [5.41, 5.74) is 2.73. The van der Waals surface area contributed by atoms with Gasteiger partial charge in [0, 0.05) is 39.4 Å². The molecule has 0 bridgehead atoms. The number of hydrogen-bond acceptors (Lipinski definition) is 2. The Kier molecular flexibility index (Phi) is 9.10. The Bertz CT molecular complexity index is 698. The van der Waals surface area contributed by atoms with E-state index in [1.807, 2.05) is 17.9 Å². The van der Waals surface area contributed by atoms with Gasteiger partial charge in [-0.1, -0.05) is 30.3 Å². The minimum absolute atomic E-state index is 0. The predicted molar refractivity (Wildman–Crippen MR) is 123 cm³/mol. The molecule has 1 N–H and O–H groups in total. The van der Waals surface area contributed by atoms with E-state index in [4.69, 9.17) is 4.99 Å². The van der Waals surface area contributed by atoms with E-state index in [-0.39, 0.29) is 24.0 Å². The SMILES string of the molecule is CCNC(=NCCCc1cnn(C)c1)N1CCC(Cc2ccccc2)C1.I. The van der Waals surface area contributed by atoms with Gasteiger partial charge in [-0.05, 0) is 49.7 Å². The minimum Gasteiger partial charge on any atom is -0.357 e. The van der Waals surface area contributed by atoms with Crippen LogP contribution in [0, 0.1) is 5.92 Å². The van der Waals surface area contributed by atoms with Gasteiger partial charge in [-0.15, -0.1) is 24.0 Å². The normalized spacial score (nSPS) is 17.0. The van der Waals surface area contributed by atoms with Crippen LogP contribution in [0.4, 0.5) is 0 Å². The summed E-state index contributed by atoms with van der Waals surface area (Å²) in [7, 11) is 1.96. The van der Waals surface area contributed by atoms with E-state index in [1.54, 1.807) is 0 Å². The molecule has 1 aromatic carbocycles. The molecule has 1 fully saturated rings. The fourth-order valence-corrected chi connectivity index (χ4v) is 3.63. The number of benzene rings is 1. The van der Waals surface area contributed by atoms with Crippen LogP contribution in [0.15, 0.2) is 47.7 Å². The van der Waals surface area contributed by atoms with Crippen molar-refractivity contribution < 1.29 is 0 Å². The molecule has 0 amide bonds. The maximum atomic E-state index is 4.86. The molecule has 1 aromatic heterocycles. The molecule has 5 nitrogen and oxygen atoms in total. The largest absolute Gasteiger partial charge is 0.357 e. The number of aromatic nitrogens is 2. The number of guanidine groups is 1. The first-order valence-electron chi connectivity index (χ1n) is 9.79. The molecule has 1 aliphatic rings. The summed E-state index contributed by atoms with van der Waals surface area (Å²) in [5.74, 6) is 1.80. The molecular weight excluding hydrogens is 449 g/mol. The third-order valence-corrected chi connectivity index (χ3v) is 4.93. The van der Waals surface area contributed by atoms with E-state index in [9.17, 15) is 0 Å². The molecule has 1 saturated heterocycles. The van der Waals surface area contributed by atoms with Crippen LogP contribution in [0.1, 0.15) is 30.9 Å². The third kappa shape index (κ3) is 6.83. The molecule has 0 aliphatic carbocycles. The van der Waals surface area contributed by atoms with Crippen molar-refractivity contribution in [2.75, 3.05) is 26.2 Å². The average molecular weight is 481 g/mol. The van der Waals surface area contributed by atoms with E-state index in [2.05, 4.69) is 58.8 Å². The fourth-order valence-electron chi connectivity index (χ4n) is 3.63. The van der Waals surface area contributed by atoms with Crippen molar-refractivity contribution in [3.05, 3.63) is 53.9 Å². The van der Waals surface area contributed by atoms with Crippen molar-refractivity contribution in [3.8, 4) is 0 Å². The number of aryl methyl sites for hydroxylation is 2. The number of hydrogen-bond donors (Lipinski definition) is 1. The lowest BCUT2D eigenvalue weighted by Gasteiger charge is -2.21. The maximum Gasteiger partial charge on any atom is 0.193 e. The minimum atomic E-state index is 0. The highest BCUT2D eigenvalue weighted by Crippen LogP contribution is 2.21. The van der Waals surface area contributed by atoms with Gasteiger partial charge in [-0.25, -0.2) is 0 Å². The van der Waals surface area contributed by atoms with Crippen LogP contribution in [-0.2, 0) is 19.9 Å². The summed E-state index contributed by atoms with van der Waals surface area (Å²) < 4.78 is 1.86. The van der Waals surface area contributed by atoms with Crippen molar-refractivity contribution in [1.29, 1.82) is 0 Å². The molecule has 0 spiro atoms. The maximum absolute atomic E-state index is 4.86. The van der Waals surface area contributed by atoms with Crippen LogP contribution in [-0.4, -0.2) is 46.8 Å². The summed E-state index contributed by atoms with van der Waals surface area (Å²) in [6, 6.07) is 10.8. The van der Waals surface area contributed by atoms with Gasteiger partial charge in [0.1, 0.15) is 0 Å². The van der Waals surface area contributed by atoms with E-state index >= 15 is 0 Å². The monoisotopic (exact) mass is 481 g/mol. The van der Waals surface area contributed by atoms with Gasteiger partial charge in [0.2, 0.25) is 0 Å². The van der Waals surface area contributed by atoms with Gasteiger partial charge in [-0.2, -0.15) is 5.10 Å². The highest BCUT2D eigenvalue weighted by Gasteiger charge is 2.24. The van der Waals surface area contributed by atoms with Gasteiger partial charge in [-0.3, -0.25) is 9.67 Å². The van der Waals surface area contributed by atoms with Crippen LogP contribution < -0.4 is 5.32 Å². The van der Waals surface area contributed by atoms with Crippen LogP contribution in [0.3, 0.4) is 0 Å². The molecule has 148 valence electrons. The molecule has 3 rings (SSSR count). The molecule has 1 unspecified atom stereocenters. The summed E-state index contributed by atoms with van der Waals surface area (Å²) in [4.78, 5) is 7.29. The number of rotatable bonds is 7. The second-order valence-electron chi connectivity index (χ2n) is 7.15. The Hall–Kier alpha value is -1.57. The van der Waals surface area contributed by atoms with Crippen molar-refractivity contribution in [3.63, 3.8) is 0 Å². The van der Waals surface area contributed by atoms with E-state index in [1.165, 1.54) is 17.5 Å². The number of aliphatic imine (C=N–C) groups is 1. The molecule has 0 saturated carbocycles. The topological polar surface area (TPSA) is 45.5 Å². The average Bonchev–Trinajstić information content (AvgIpc) is 3.28. The van der Waals surface area contributed by atoms with Gasteiger partial charge in [0.25, 0.3) is 0 Å². The summed E-state index contributed by atoms with van der Waals surface area (Å²) >= 11 is 0. The number of halogens is 1. The molecule has 1 aliphatic heterocycles. The number of likely N-dealkylation sites (tertiary alicyclic amines) is 1. The van der Waals surface area contributed by atoms with E-state index < -0.39 is 0 Å².